The van der Waals surface area contributed by atoms with Gasteiger partial charge in [0.15, 0.2) is 0 Å². The molecule has 5 nitrogen and oxygen atoms in total. The Hall–Kier alpha value is -2.69. The molecule has 0 atom stereocenters. The van der Waals surface area contributed by atoms with Crippen LogP contribution in [0.15, 0.2) is 42.5 Å². The Kier molecular flexibility index (Phi) is 2.72. The number of aryl methyl sites for hydroxylation is 1. The topological polar surface area (TPSA) is 70.7 Å². The van der Waals surface area contributed by atoms with Crippen LogP contribution in [-0.4, -0.2) is 21.3 Å². The molecule has 0 aliphatic rings. The average Bonchev–Trinajstić information content (AvgIpc) is 2.87. The van der Waals surface area contributed by atoms with Gasteiger partial charge in [0.2, 0.25) is 0 Å². The summed E-state index contributed by atoms with van der Waals surface area (Å²) in [6, 6.07) is 12.8. The number of carbonyl (C=O) groups excluding carboxylic acids is 1. The molecule has 94 valence electrons. The van der Waals surface area contributed by atoms with E-state index in [1.807, 2.05) is 25.1 Å². The van der Waals surface area contributed by atoms with Crippen LogP contribution in [0.5, 0.6) is 0 Å². The Labute approximate surface area is 109 Å². The summed E-state index contributed by atoms with van der Waals surface area (Å²) in [6.07, 6.45) is 0. The number of nitrogens with zero attached hydrogens (tertiary/aromatic N) is 2. The summed E-state index contributed by atoms with van der Waals surface area (Å²) < 4.78 is 0. The predicted octanol–water partition coefficient (Wildman–Crippen LogP) is 2.52. The van der Waals surface area contributed by atoms with Gasteiger partial charge in [0.1, 0.15) is 11.0 Å². The van der Waals surface area contributed by atoms with Gasteiger partial charge in [0, 0.05) is 11.3 Å². The van der Waals surface area contributed by atoms with Gasteiger partial charge in [0.05, 0.1) is 0 Å². The van der Waals surface area contributed by atoms with Gasteiger partial charge >= 0.3 is 0 Å². The molecule has 0 aliphatic heterocycles. The van der Waals surface area contributed by atoms with Crippen LogP contribution < -0.4 is 5.32 Å². The molecule has 0 bridgehead atoms. The number of fused-ring (bicyclic) bond motifs is 1. The third-order valence-corrected chi connectivity index (χ3v) is 2.89. The molecule has 3 rings (SSSR count). The van der Waals surface area contributed by atoms with Crippen LogP contribution >= 0.6 is 0 Å². The third kappa shape index (κ3) is 2.30. The summed E-state index contributed by atoms with van der Waals surface area (Å²) in [7, 11) is 0. The van der Waals surface area contributed by atoms with Crippen molar-refractivity contribution in [2.75, 3.05) is 5.32 Å². The number of aromatic nitrogens is 3. The first kappa shape index (κ1) is 11.4. The number of aromatic amines is 1. The van der Waals surface area contributed by atoms with E-state index in [4.69, 9.17) is 0 Å². The van der Waals surface area contributed by atoms with Gasteiger partial charge in [0.25, 0.3) is 5.91 Å². The highest BCUT2D eigenvalue weighted by molar-refractivity contribution is 6.04. The highest BCUT2D eigenvalue weighted by atomic mass is 16.1. The lowest BCUT2D eigenvalue weighted by atomic mass is 10.1. The molecular weight excluding hydrogens is 240 g/mol. The van der Waals surface area contributed by atoms with Crippen LogP contribution in [0.3, 0.4) is 0 Å². The van der Waals surface area contributed by atoms with Crippen molar-refractivity contribution < 1.29 is 4.79 Å². The minimum Gasteiger partial charge on any atom is -0.322 e. The maximum absolute atomic E-state index is 12.0. The normalized spacial score (nSPS) is 10.6. The summed E-state index contributed by atoms with van der Waals surface area (Å²) in [6.45, 7) is 1.99. The zero-order valence-electron chi connectivity index (χ0n) is 10.3. The number of anilines is 1. The molecule has 0 radical (unpaired) electrons. The highest BCUT2D eigenvalue weighted by Gasteiger charge is 2.06. The number of amides is 1. The second-order valence-electron chi connectivity index (χ2n) is 4.35. The molecule has 1 aromatic heterocycles. The summed E-state index contributed by atoms with van der Waals surface area (Å²) in [5, 5.41) is 13.3. The maximum atomic E-state index is 12.0. The van der Waals surface area contributed by atoms with Gasteiger partial charge in [-0.1, -0.05) is 17.7 Å². The van der Waals surface area contributed by atoms with E-state index in [1.165, 1.54) is 0 Å². The van der Waals surface area contributed by atoms with E-state index >= 15 is 0 Å². The van der Waals surface area contributed by atoms with Crippen LogP contribution in [0, 0.1) is 6.92 Å². The van der Waals surface area contributed by atoms with Crippen molar-refractivity contribution in [1.82, 2.24) is 15.4 Å². The quantitative estimate of drug-likeness (QED) is 0.736. The first-order valence-corrected chi connectivity index (χ1v) is 5.91. The smallest absolute Gasteiger partial charge is 0.255 e. The first-order chi connectivity index (χ1) is 9.22. The predicted molar refractivity (Wildman–Crippen MR) is 73.0 cm³/mol. The number of carbonyl (C=O) groups is 1. The van der Waals surface area contributed by atoms with E-state index < -0.39 is 0 Å². The molecule has 19 heavy (non-hydrogen) atoms. The second kappa shape index (κ2) is 4.53. The molecule has 5 heteroatoms. The zero-order valence-corrected chi connectivity index (χ0v) is 10.3. The van der Waals surface area contributed by atoms with Crippen LogP contribution in [-0.2, 0) is 0 Å². The molecule has 0 fully saturated rings. The average molecular weight is 252 g/mol. The number of rotatable bonds is 2. The number of hydrogen-bond donors (Lipinski definition) is 2. The molecule has 0 saturated heterocycles. The van der Waals surface area contributed by atoms with Crippen molar-refractivity contribution in [3.63, 3.8) is 0 Å². The lowest BCUT2D eigenvalue weighted by molar-refractivity contribution is 0.102. The summed E-state index contributed by atoms with van der Waals surface area (Å²) in [5.41, 5.74) is 3.95. The van der Waals surface area contributed by atoms with Crippen molar-refractivity contribution in [3.8, 4) is 0 Å². The Balaban J connectivity index is 1.83. The van der Waals surface area contributed by atoms with Gasteiger partial charge in [-0.05, 0) is 37.3 Å². The van der Waals surface area contributed by atoms with Crippen molar-refractivity contribution in [2.45, 2.75) is 6.92 Å². The molecule has 1 heterocycles. The third-order valence-electron chi connectivity index (χ3n) is 2.89. The van der Waals surface area contributed by atoms with Gasteiger partial charge < -0.3 is 5.32 Å². The number of nitrogens with one attached hydrogen (secondary N) is 2. The van der Waals surface area contributed by atoms with Gasteiger partial charge in [-0.25, -0.2) is 0 Å². The van der Waals surface area contributed by atoms with E-state index in [0.29, 0.717) is 11.3 Å². The van der Waals surface area contributed by atoms with Gasteiger partial charge in [-0.3, -0.25) is 4.79 Å². The Bertz CT molecular complexity index is 731. The summed E-state index contributed by atoms with van der Waals surface area (Å²) >= 11 is 0. The fourth-order valence-electron chi connectivity index (χ4n) is 1.83. The standard InChI is InChI=1S/C14H12N4O/c1-9-2-4-10(5-3-9)14(19)15-11-6-7-12-13(8-11)17-18-16-12/h2-8H,1H3,(H,15,19)(H,16,17,18). The SMILES string of the molecule is Cc1ccc(C(=O)Nc2ccc3n[nH]nc3c2)cc1. The largest absolute Gasteiger partial charge is 0.322 e. The molecule has 3 aromatic rings. The number of hydrogen-bond acceptors (Lipinski definition) is 3. The van der Waals surface area contributed by atoms with Crippen molar-refractivity contribution in [2.24, 2.45) is 0 Å². The maximum Gasteiger partial charge on any atom is 0.255 e. The fourth-order valence-corrected chi connectivity index (χ4v) is 1.83. The Morgan fingerprint density at radius 1 is 1.05 bits per heavy atom. The lowest BCUT2D eigenvalue weighted by Gasteiger charge is -2.05. The van der Waals surface area contributed by atoms with Crippen molar-refractivity contribution in [3.05, 3.63) is 53.6 Å². The lowest BCUT2D eigenvalue weighted by Crippen LogP contribution is -2.11. The van der Waals surface area contributed by atoms with E-state index in [9.17, 15) is 4.79 Å². The number of H-pyrrole nitrogens is 1. The minimum absolute atomic E-state index is 0.136. The molecule has 1 amide bonds. The zero-order chi connectivity index (χ0) is 13.2. The summed E-state index contributed by atoms with van der Waals surface area (Å²) in [5.74, 6) is -0.136. The molecule has 2 N–H and O–H groups in total. The summed E-state index contributed by atoms with van der Waals surface area (Å²) in [4.78, 5) is 12.0. The first-order valence-electron chi connectivity index (χ1n) is 5.91. The minimum atomic E-state index is -0.136. The molecule has 0 unspecified atom stereocenters. The van der Waals surface area contributed by atoms with Crippen LogP contribution in [0.25, 0.3) is 11.0 Å². The molecule has 0 aliphatic carbocycles. The van der Waals surface area contributed by atoms with E-state index in [2.05, 4.69) is 20.7 Å². The van der Waals surface area contributed by atoms with Crippen LogP contribution in [0.1, 0.15) is 15.9 Å². The van der Waals surface area contributed by atoms with Gasteiger partial charge in [-0.15, -0.1) is 0 Å². The molecule has 2 aromatic carbocycles. The van der Waals surface area contributed by atoms with E-state index in [0.717, 1.165) is 16.6 Å². The highest BCUT2D eigenvalue weighted by Crippen LogP contribution is 2.16. The van der Waals surface area contributed by atoms with E-state index in [-0.39, 0.29) is 5.91 Å². The van der Waals surface area contributed by atoms with Crippen molar-refractivity contribution >= 4 is 22.6 Å². The fraction of sp³-hybridized carbons (Fsp3) is 0.0714. The molecular formula is C14H12N4O. The Morgan fingerprint density at radius 2 is 1.79 bits per heavy atom. The molecule has 0 saturated carbocycles. The monoisotopic (exact) mass is 252 g/mol. The Morgan fingerprint density at radius 3 is 2.58 bits per heavy atom. The van der Waals surface area contributed by atoms with Gasteiger partial charge in [-0.2, -0.15) is 15.4 Å². The van der Waals surface area contributed by atoms with Crippen LogP contribution in [0.4, 0.5) is 5.69 Å². The van der Waals surface area contributed by atoms with Crippen LogP contribution in [0.2, 0.25) is 0 Å². The second-order valence-corrected chi connectivity index (χ2v) is 4.35. The van der Waals surface area contributed by atoms with Crippen molar-refractivity contribution in [1.29, 1.82) is 0 Å². The molecule has 0 spiro atoms. The number of benzene rings is 2. The van der Waals surface area contributed by atoms with E-state index in [1.54, 1.807) is 24.3 Å².